The molecule has 1 aromatic carbocycles. The summed E-state index contributed by atoms with van der Waals surface area (Å²) in [6.07, 6.45) is 11.4. The molecule has 2 fully saturated rings. The number of nitrogens with one attached hydrogen (secondary N) is 1. The molecule has 3 aliphatic rings. The largest absolute Gasteiger partial charge is 0.412 e. The van der Waals surface area contributed by atoms with Gasteiger partial charge in [-0.25, -0.2) is 0 Å². The van der Waals surface area contributed by atoms with Crippen molar-refractivity contribution >= 4 is 31.5 Å². The van der Waals surface area contributed by atoms with Gasteiger partial charge in [-0.2, -0.15) is 8.78 Å². The number of anilines is 1. The summed E-state index contributed by atoms with van der Waals surface area (Å²) < 4.78 is 34.5. The van der Waals surface area contributed by atoms with Crippen LogP contribution in [0.2, 0.25) is 10.6 Å². The summed E-state index contributed by atoms with van der Waals surface area (Å²) in [4.78, 5) is 12.9. The van der Waals surface area contributed by atoms with E-state index in [1.165, 1.54) is 38.3 Å². The lowest BCUT2D eigenvalue weighted by atomic mass is 9.43. The predicted molar refractivity (Wildman–Crippen MR) is 184 cm³/mol. The highest BCUT2D eigenvalue weighted by Gasteiger charge is 2.59. The first kappa shape index (κ1) is 34.3. The number of hydrogen-bond acceptors (Lipinski definition) is 2. The molecular weight excluding hydrogens is 583 g/mol. The van der Waals surface area contributed by atoms with Crippen molar-refractivity contribution in [3.05, 3.63) is 41.6 Å². The smallest absolute Gasteiger partial charge is 0.319 e. The van der Waals surface area contributed by atoms with E-state index in [-0.39, 0.29) is 16.4 Å². The summed E-state index contributed by atoms with van der Waals surface area (Å²) in [5.74, 6) is 1.98. The lowest BCUT2D eigenvalue weighted by Crippen LogP contribution is -2.58. The van der Waals surface area contributed by atoms with E-state index in [1.54, 1.807) is 35.4 Å². The molecule has 3 aliphatic carbocycles. The molecule has 1 N–H and O–H groups in total. The molecule has 5 atom stereocenters. The molecule has 45 heavy (non-hydrogen) atoms. The van der Waals surface area contributed by atoms with Gasteiger partial charge in [-0.1, -0.05) is 66.5 Å². The highest BCUT2D eigenvalue weighted by atomic mass is 28.3. The fourth-order valence-electron chi connectivity index (χ4n) is 10.0. The van der Waals surface area contributed by atoms with E-state index in [0.29, 0.717) is 57.8 Å². The van der Waals surface area contributed by atoms with Gasteiger partial charge in [0.15, 0.2) is 0 Å². The van der Waals surface area contributed by atoms with E-state index < -0.39 is 15.6 Å². The van der Waals surface area contributed by atoms with Crippen LogP contribution >= 0.6 is 0 Å². The van der Waals surface area contributed by atoms with Gasteiger partial charge in [-0.15, -0.1) is 0 Å². The molecule has 0 saturated heterocycles. The van der Waals surface area contributed by atoms with E-state index >= 15 is 0 Å². The number of nitrogens with zero attached hydrogens (tertiary/aromatic N) is 1. The molecular formula is C38H57F2N2O2Si. The zero-order chi connectivity index (χ0) is 32.9. The summed E-state index contributed by atoms with van der Waals surface area (Å²) in [5, 5.41) is 3.93. The van der Waals surface area contributed by atoms with Crippen molar-refractivity contribution in [2.24, 2.45) is 28.6 Å². The van der Waals surface area contributed by atoms with Crippen molar-refractivity contribution in [2.75, 3.05) is 5.32 Å². The standard InChI is InChI=1S/C38H57F2N2O2Si/c1-24(2)45(36(4,5)6)44-33-19-21-38(9)30-16-13-25(3)28(29(30)15-18-32(38)37(33,7)8)11-10-12-34(43)41-27-14-17-31-26(23-27)20-22-42(31)35(39)40/h14,17,20,22-24,29-30,32-33,35H,10-13,15-16,18-19,21H2,1-9H3,(H,41,43)/t29-,30-,32-,33-,38+/m0/s1. The maximum absolute atomic E-state index is 13.2. The first-order valence-corrected chi connectivity index (χ1v) is 18.9. The number of halogens is 2. The van der Waals surface area contributed by atoms with Crippen LogP contribution in [-0.4, -0.2) is 25.6 Å². The Morgan fingerprint density at radius 2 is 1.84 bits per heavy atom. The number of aromatic nitrogens is 1. The van der Waals surface area contributed by atoms with E-state index in [9.17, 15) is 13.6 Å². The minimum absolute atomic E-state index is 0.0124. The van der Waals surface area contributed by atoms with Gasteiger partial charge in [-0.05, 0) is 122 Å². The number of rotatable bonds is 9. The van der Waals surface area contributed by atoms with Crippen molar-refractivity contribution in [2.45, 2.75) is 143 Å². The second-order valence-electron chi connectivity index (χ2n) is 16.6. The Morgan fingerprint density at radius 3 is 2.51 bits per heavy atom. The topological polar surface area (TPSA) is 43.3 Å². The van der Waals surface area contributed by atoms with Gasteiger partial charge in [0, 0.05) is 23.7 Å². The summed E-state index contributed by atoms with van der Waals surface area (Å²) in [6.45, 7) is 19.2. The Balaban J connectivity index is 1.22. The van der Waals surface area contributed by atoms with Crippen molar-refractivity contribution < 1.29 is 18.0 Å². The fraction of sp³-hybridized carbons (Fsp3) is 0.711. The third kappa shape index (κ3) is 6.72. The van der Waals surface area contributed by atoms with Crippen molar-refractivity contribution in [1.29, 1.82) is 0 Å². The van der Waals surface area contributed by atoms with Gasteiger partial charge in [-0.3, -0.25) is 9.36 Å². The minimum atomic E-state index is -2.58. The number of carbonyl (C=O) groups is 1. The number of fused-ring (bicyclic) bond motifs is 4. The molecule has 4 nitrogen and oxygen atoms in total. The van der Waals surface area contributed by atoms with Gasteiger partial charge in [0.25, 0.3) is 0 Å². The lowest BCUT2D eigenvalue weighted by Gasteiger charge is -2.63. The van der Waals surface area contributed by atoms with Gasteiger partial charge in [0.05, 0.1) is 11.6 Å². The van der Waals surface area contributed by atoms with Gasteiger partial charge in [0.2, 0.25) is 14.9 Å². The number of alkyl halides is 2. The third-order valence-electron chi connectivity index (χ3n) is 12.0. The monoisotopic (exact) mass is 639 g/mol. The molecule has 5 rings (SSSR count). The van der Waals surface area contributed by atoms with Crippen LogP contribution in [0, 0.1) is 28.6 Å². The maximum atomic E-state index is 13.2. The van der Waals surface area contributed by atoms with Crippen LogP contribution in [0.4, 0.5) is 14.5 Å². The second-order valence-corrected chi connectivity index (χ2v) is 20.2. The molecule has 1 amide bonds. The Bertz CT molecular complexity index is 1410. The van der Waals surface area contributed by atoms with Gasteiger partial charge < -0.3 is 9.74 Å². The quantitative estimate of drug-likeness (QED) is 0.219. The molecule has 0 unspecified atom stereocenters. The Hall–Kier alpha value is -1.99. The second kappa shape index (κ2) is 12.9. The fourth-order valence-corrected chi connectivity index (χ4v) is 13.1. The number of amides is 1. The van der Waals surface area contributed by atoms with Crippen LogP contribution < -0.4 is 5.32 Å². The van der Waals surface area contributed by atoms with E-state index in [2.05, 4.69) is 67.6 Å². The Labute approximate surface area is 272 Å². The summed E-state index contributed by atoms with van der Waals surface area (Å²) in [6, 6.07) is 6.81. The molecule has 0 aliphatic heterocycles. The molecule has 249 valence electrons. The van der Waals surface area contributed by atoms with E-state index in [4.69, 9.17) is 4.43 Å². The highest BCUT2D eigenvalue weighted by molar-refractivity contribution is 6.56. The van der Waals surface area contributed by atoms with Gasteiger partial charge >= 0.3 is 6.55 Å². The summed E-state index contributed by atoms with van der Waals surface area (Å²) in [7, 11) is -0.959. The highest BCUT2D eigenvalue weighted by Crippen LogP contribution is 2.65. The van der Waals surface area contributed by atoms with Crippen LogP contribution in [0.1, 0.15) is 127 Å². The third-order valence-corrected chi connectivity index (χ3v) is 15.1. The first-order chi connectivity index (χ1) is 21.0. The zero-order valence-corrected chi connectivity index (χ0v) is 30.2. The first-order valence-electron chi connectivity index (χ1n) is 17.4. The summed E-state index contributed by atoms with van der Waals surface area (Å²) in [5.41, 5.74) is 5.38. The molecule has 1 heterocycles. The number of carbonyl (C=O) groups excluding carboxylic acids is 1. The normalized spacial score (nSPS) is 28.6. The van der Waals surface area contributed by atoms with Crippen molar-refractivity contribution in [3.8, 4) is 0 Å². The van der Waals surface area contributed by atoms with Crippen LogP contribution in [0.3, 0.4) is 0 Å². The molecule has 0 spiro atoms. The number of benzene rings is 1. The summed E-state index contributed by atoms with van der Waals surface area (Å²) >= 11 is 0. The average Bonchev–Trinajstić information content (AvgIpc) is 3.36. The number of allylic oxidation sites excluding steroid dienone is 2. The minimum Gasteiger partial charge on any atom is -0.412 e. The number of hydrogen-bond donors (Lipinski definition) is 1. The van der Waals surface area contributed by atoms with E-state index in [0.717, 1.165) is 23.8 Å². The molecule has 1 radical (unpaired) electrons. The Morgan fingerprint density at radius 1 is 1.11 bits per heavy atom. The molecule has 0 bridgehead atoms. The molecule has 2 saturated carbocycles. The molecule has 1 aromatic heterocycles. The van der Waals surface area contributed by atoms with Crippen molar-refractivity contribution in [3.63, 3.8) is 0 Å². The average molecular weight is 640 g/mol. The van der Waals surface area contributed by atoms with Gasteiger partial charge in [0.1, 0.15) is 0 Å². The van der Waals surface area contributed by atoms with Crippen LogP contribution in [0.15, 0.2) is 41.6 Å². The van der Waals surface area contributed by atoms with E-state index in [1.807, 2.05) is 0 Å². The zero-order valence-electron chi connectivity index (χ0n) is 29.2. The van der Waals surface area contributed by atoms with Crippen LogP contribution in [0.5, 0.6) is 0 Å². The Kier molecular flexibility index (Phi) is 9.84. The maximum Gasteiger partial charge on any atom is 0.319 e. The predicted octanol–water partition coefficient (Wildman–Crippen LogP) is 11.3. The van der Waals surface area contributed by atoms with Crippen LogP contribution in [-0.2, 0) is 9.22 Å². The lowest BCUT2D eigenvalue weighted by molar-refractivity contribution is -0.144. The van der Waals surface area contributed by atoms with Crippen LogP contribution in [0.25, 0.3) is 10.9 Å². The molecule has 2 aromatic rings. The molecule has 7 heteroatoms. The SMILES string of the molecule is CC1=C(CCCC(=O)Nc2ccc3c(ccn3C(F)F)c2)[C@@H]2CC[C@H]3C(C)(C)[C@@H](O[Si](C(C)C)C(C)(C)C)CC[C@]3(C)[C@H]2CC1. The van der Waals surface area contributed by atoms with Crippen molar-refractivity contribution in [1.82, 2.24) is 4.57 Å².